The number of alkyl halides is 1. The number of nitrogens with one attached hydrogen (secondary N) is 1. The molecule has 4 heteroatoms. The lowest BCUT2D eigenvalue weighted by molar-refractivity contribution is -0.884. The standard InChI is InChI=1S/C7H15ClN2O/c1-9(2)7(8)10-3-5-11-6-4-10/h7H,3-6H2,1-2H3/p+1. The van der Waals surface area contributed by atoms with Crippen LogP contribution in [0.3, 0.4) is 0 Å². The van der Waals surface area contributed by atoms with Gasteiger partial charge in [0.2, 0.25) is 5.62 Å². The van der Waals surface area contributed by atoms with Crippen molar-refractivity contribution < 1.29 is 9.64 Å². The van der Waals surface area contributed by atoms with Crippen molar-refractivity contribution in [2.24, 2.45) is 0 Å². The minimum atomic E-state index is 0.0962. The first-order valence-corrected chi connectivity index (χ1v) is 4.41. The van der Waals surface area contributed by atoms with E-state index in [1.165, 1.54) is 4.90 Å². The topological polar surface area (TPSA) is 16.9 Å². The molecule has 3 nitrogen and oxygen atoms in total. The maximum absolute atomic E-state index is 6.13. The maximum Gasteiger partial charge on any atom is 0.221 e. The zero-order chi connectivity index (χ0) is 8.27. The van der Waals surface area contributed by atoms with E-state index in [9.17, 15) is 0 Å². The average molecular weight is 180 g/mol. The third kappa shape index (κ3) is 2.60. The third-order valence-corrected chi connectivity index (χ3v) is 2.56. The van der Waals surface area contributed by atoms with Crippen molar-refractivity contribution in [1.29, 1.82) is 0 Å². The minimum Gasteiger partial charge on any atom is -0.379 e. The molecule has 0 aromatic heterocycles. The van der Waals surface area contributed by atoms with E-state index in [4.69, 9.17) is 16.3 Å². The minimum absolute atomic E-state index is 0.0962. The Balaban J connectivity index is 2.32. The molecule has 0 saturated carbocycles. The molecular weight excluding hydrogens is 164 g/mol. The summed E-state index contributed by atoms with van der Waals surface area (Å²) in [7, 11) is 4.13. The highest BCUT2D eigenvalue weighted by Gasteiger charge is 2.22. The lowest BCUT2D eigenvalue weighted by atomic mass is 10.4. The molecule has 0 spiro atoms. The molecule has 0 bridgehead atoms. The Labute approximate surface area is 72.9 Å². The first-order chi connectivity index (χ1) is 5.22. The Morgan fingerprint density at radius 3 is 2.36 bits per heavy atom. The molecular formula is C7H16ClN2O+. The van der Waals surface area contributed by atoms with Gasteiger partial charge < -0.3 is 9.64 Å². The Morgan fingerprint density at radius 2 is 1.91 bits per heavy atom. The van der Waals surface area contributed by atoms with Crippen molar-refractivity contribution in [1.82, 2.24) is 4.90 Å². The van der Waals surface area contributed by atoms with Crippen molar-refractivity contribution in [2.45, 2.75) is 5.62 Å². The van der Waals surface area contributed by atoms with E-state index in [2.05, 4.69) is 19.0 Å². The van der Waals surface area contributed by atoms with Crippen LogP contribution >= 0.6 is 11.6 Å². The number of quaternary nitrogens is 1. The molecule has 1 N–H and O–H groups in total. The van der Waals surface area contributed by atoms with Gasteiger partial charge in [0, 0.05) is 13.1 Å². The van der Waals surface area contributed by atoms with E-state index in [0.717, 1.165) is 26.3 Å². The second-order valence-electron chi connectivity index (χ2n) is 3.06. The molecule has 0 radical (unpaired) electrons. The van der Waals surface area contributed by atoms with Gasteiger partial charge in [0.05, 0.1) is 27.3 Å². The second-order valence-corrected chi connectivity index (χ2v) is 3.47. The van der Waals surface area contributed by atoms with Crippen LogP contribution in [0.25, 0.3) is 0 Å². The largest absolute Gasteiger partial charge is 0.379 e. The maximum atomic E-state index is 6.13. The van der Waals surface area contributed by atoms with E-state index < -0.39 is 0 Å². The number of hydrogen-bond donors (Lipinski definition) is 1. The summed E-state index contributed by atoms with van der Waals surface area (Å²) in [5.41, 5.74) is 0.0962. The van der Waals surface area contributed by atoms with Crippen molar-refractivity contribution in [3.63, 3.8) is 0 Å². The summed E-state index contributed by atoms with van der Waals surface area (Å²) in [6, 6.07) is 0. The molecule has 0 aliphatic carbocycles. The molecule has 1 fully saturated rings. The molecule has 1 atom stereocenters. The van der Waals surface area contributed by atoms with Crippen LogP contribution in [-0.4, -0.2) is 50.9 Å². The van der Waals surface area contributed by atoms with Crippen LogP contribution in [0.15, 0.2) is 0 Å². The Hall–Kier alpha value is 0.170. The summed E-state index contributed by atoms with van der Waals surface area (Å²) in [6.45, 7) is 3.55. The van der Waals surface area contributed by atoms with E-state index in [-0.39, 0.29) is 5.62 Å². The average Bonchev–Trinajstić information content (AvgIpc) is 2.05. The van der Waals surface area contributed by atoms with Gasteiger partial charge in [0.25, 0.3) is 0 Å². The number of hydrogen-bond acceptors (Lipinski definition) is 2. The third-order valence-electron chi connectivity index (χ3n) is 1.84. The van der Waals surface area contributed by atoms with Crippen molar-refractivity contribution >= 4 is 11.6 Å². The fraction of sp³-hybridized carbons (Fsp3) is 1.00. The van der Waals surface area contributed by atoms with Gasteiger partial charge in [0.15, 0.2) is 0 Å². The smallest absolute Gasteiger partial charge is 0.221 e. The van der Waals surface area contributed by atoms with Gasteiger partial charge in [-0.2, -0.15) is 0 Å². The number of rotatable bonds is 2. The van der Waals surface area contributed by atoms with Crippen LogP contribution in [0.5, 0.6) is 0 Å². The molecule has 11 heavy (non-hydrogen) atoms. The number of nitrogens with zero attached hydrogens (tertiary/aromatic N) is 1. The van der Waals surface area contributed by atoms with Crippen LogP contribution < -0.4 is 4.90 Å². The second kappa shape index (κ2) is 4.26. The Morgan fingerprint density at radius 1 is 1.36 bits per heavy atom. The first kappa shape index (κ1) is 9.26. The normalized spacial score (nSPS) is 24.0. The Kier molecular flexibility index (Phi) is 3.59. The van der Waals surface area contributed by atoms with Gasteiger partial charge in [-0.25, -0.2) is 4.90 Å². The zero-order valence-corrected chi connectivity index (χ0v) is 7.90. The van der Waals surface area contributed by atoms with E-state index in [1.54, 1.807) is 0 Å². The summed E-state index contributed by atoms with van der Waals surface area (Å²) < 4.78 is 5.22. The van der Waals surface area contributed by atoms with Crippen LogP contribution in [0.1, 0.15) is 0 Å². The quantitative estimate of drug-likeness (QED) is 0.432. The molecule has 1 unspecified atom stereocenters. The summed E-state index contributed by atoms with van der Waals surface area (Å²) >= 11 is 6.13. The van der Waals surface area contributed by atoms with Crippen LogP contribution in [0.2, 0.25) is 0 Å². The van der Waals surface area contributed by atoms with E-state index in [0.29, 0.717) is 0 Å². The molecule has 1 heterocycles. The molecule has 0 aromatic rings. The van der Waals surface area contributed by atoms with Gasteiger partial charge >= 0.3 is 0 Å². The monoisotopic (exact) mass is 179 g/mol. The number of halogens is 1. The van der Waals surface area contributed by atoms with Gasteiger partial charge in [-0.1, -0.05) is 0 Å². The van der Waals surface area contributed by atoms with Crippen molar-refractivity contribution in [3.8, 4) is 0 Å². The van der Waals surface area contributed by atoms with Gasteiger partial charge in [0.1, 0.15) is 0 Å². The Bertz CT molecular complexity index is 115. The number of ether oxygens (including phenoxy) is 1. The van der Waals surface area contributed by atoms with Crippen molar-refractivity contribution in [2.75, 3.05) is 40.4 Å². The summed E-state index contributed by atoms with van der Waals surface area (Å²) in [5.74, 6) is 0. The predicted octanol–water partition coefficient (Wildman–Crippen LogP) is -1.01. The van der Waals surface area contributed by atoms with Gasteiger partial charge in [-0.15, -0.1) is 0 Å². The van der Waals surface area contributed by atoms with Crippen LogP contribution in [0, 0.1) is 0 Å². The van der Waals surface area contributed by atoms with E-state index in [1.807, 2.05) is 0 Å². The van der Waals surface area contributed by atoms with Crippen molar-refractivity contribution in [3.05, 3.63) is 0 Å². The molecule has 0 amide bonds. The zero-order valence-electron chi connectivity index (χ0n) is 7.14. The van der Waals surface area contributed by atoms with Gasteiger partial charge in [-0.3, -0.25) is 0 Å². The fourth-order valence-electron chi connectivity index (χ4n) is 1.17. The van der Waals surface area contributed by atoms with Crippen LogP contribution in [0.4, 0.5) is 0 Å². The lowest BCUT2D eigenvalue weighted by Gasteiger charge is -2.31. The molecule has 0 aromatic carbocycles. The molecule has 1 rings (SSSR count). The molecule has 66 valence electrons. The van der Waals surface area contributed by atoms with Crippen LogP contribution in [-0.2, 0) is 4.74 Å². The summed E-state index contributed by atoms with van der Waals surface area (Å²) in [6.07, 6.45) is 0. The highest BCUT2D eigenvalue weighted by atomic mass is 35.5. The lowest BCUT2D eigenvalue weighted by Crippen LogP contribution is -3.11. The summed E-state index contributed by atoms with van der Waals surface area (Å²) in [4.78, 5) is 3.49. The molecule has 1 aliphatic rings. The highest BCUT2D eigenvalue weighted by Crippen LogP contribution is 2.01. The summed E-state index contributed by atoms with van der Waals surface area (Å²) in [5, 5.41) is 0. The molecule has 1 saturated heterocycles. The fourth-order valence-corrected chi connectivity index (χ4v) is 1.36. The SMILES string of the molecule is C[NH+](C)C(Cl)N1CCOCC1. The predicted molar refractivity (Wildman–Crippen MR) is 44.8 cm³/mol. The van der Waals surface area contributed by atoms with Gasteiger partial charge in [-0.05, 0) is 11.6 Å². The molecule has 1 aliphatic heterocycles. The number of morpholine rings is 1. The van der Waals surface area contributed by atoms with E-state index >= 15 is 0 Å². The first-order valence-electron chi connectivity index (χ1n) is 3.97. The highest BCUT2D eigenvalue weighted by molar-refractivity contribution is 6.19.